The topological polar surface area (TPSA) is 109 Å². The zero-order valence-electron chi connectivity index (χ0n) is 8.10. The van der Waals surface area contributed by atoms with Crippen LogP contribution in [0.3, 0.4) is 0 Å². The third-order valence-corrected chi connectivity index (χ3v) is 1.54. The van der Waals surface area contributed by atoms with Gasteiger partial charge in [-0.3, -0.25) is 4.79 Å². The number of carbonyl (C=O) groups excluding carboxylic acids is 1. The number of carboxylic acids is 1. The highest BCUT2D eigenvalue weighted by molar-refractivity contribution is 5.73. The predicted molar refractivity (Wildman–Crippen MR) is 49.0 cm³/mol. The molecule has 2 amide bonds. The van der Waals surface area contributed by atoms with Crippen LogP contribution in [0.15, 0.2) is 6.20 Å². The second kappa shape index (κ2) is 4.94. The van der Waals surface area contributed by atoms with Crippen LogP contribution in [-0.2, 0) is 17.9 Å². The third kappa shape index (κ3) is 3.63. The van der Waals surface area contributed by atoms with Gasteiger partial charge in [0.15, 0.2) is 0 Å². The van der Waals surface area contributed by atoms with E-state index in [9.17, 15) is 9.59 Å². The van der Waals surface area contributed by atoms with Gasteiger partial charge in [-0.05, 0) is 0 Å². The summed E-state index contributed by atoms with van der Waals surface area (Å²) >= 11 is 0. The van der Waals surface area contributed by atoms with E-state index in [1.807, 2.05) is 0 Å². The van der Waals surface area contributed by atoms with Crippen LogP contribution < -0.4 is 10.6 Å². The number of rotatable bonds is 4. The Labute approximate surface area is 85.3 Å². The second-order valence-electron chi connectivity index (χ2n) is 2.73. The van der Waals surface area contributed by atoms with Gasteiger partial charge >= 0.3 is 12.0 Å². The monoisotopic (exact) mass is 213 g/mol. The number of carboxylic acid groups (broad SMARTS) is 1. The molecule has 0 unspecified atom stereocenters. The lowest BCUT2D eigenvalue weighted by Crippen LogP contribution is -2.32. The van der Waals surface area contributed by atoms with Crippen molar-refractivity contribution < 1.29 is 14.7 Å². The first kappa shape index (κ1) is 11.0. The van der Waals surface area contributed by atoms with Crippen LogP contribution in [0.4, 0.5) is 4.79 Å². The molecule has 0 bridgehead atoms. The maximum atomic E-state index is 10.8. The number of carbonyl (C=O) groups is 2. The van der Waals surface area contributed by atoms with E-state index in [0.717, 1.165) is 0 Å². The maximum Gasteiger partial charge on any atom is 0.325 e. The fraction of sp³-hybridized carbons (Fsp3) is 0.429. The van der Waals surface area contributed by atoms with E-state index in [1.54, 1.807) is 0 Å². The van der Waals surface area contributed by atoms with E-state index >= 15 is 0 Å². The lowest BCUT2D eigenvalue weighted by atomic mass is 10.5. The van der Waals surface area contributed by atoms with Gasteiger partial charge in [-0.25, -0.2) is 9.48 Å². The SMILES string of the molecule is CNC(=O)NCc1cn(CC(=O)O)nn1. The van der Waals surface area contributed by atoms with Gasteiger partial charge in [-0.1, -0.05) is 5.21 Å². The minimum absolute atomic E-state index is 0.208. The summed E-state index contributed by atoms with van der Waals surface area (Å²) in [6, 6.07) is -0.331. The molecule has 82 valence electrons. The van der Waals surface area contributed by atoms with Crippen LogP contribution >= 0.6 is 0 Å². The van der Waals surface area contributed by atoms with Crippen molar-refractivity contribution in [3.63, 3.8) is 0 Å². The second-order valence-corrected chi connectivity index (χ2v) is 2.73. The molecule has 0 aliphatic rings. The standard InChI is InChI=1S/C7H11N5O3/c1-8-7(15)9-2-5-3-12(11-10-5)4-6(13)14/h3H,2,4H2,1H3,(H,13,14)(H2,8,9,15). The molecule has 0 aliphatic heterocycles. The number of hydrogen-bond donors (Lipinski definition) is 3. The number of urea groups is 1. The molecule has 0 saturated heterocycles. The van der Waals surface area contributed by atoms with Crippen LogP contribution in [0.5, 0.6) is 0 Å². The maximum absolute atomic E-state index is 10.8. The minimum atomic E-state index is -0.995. The van der Waals surface area contributed by atoms with Crippen LogP contribution in [0.25, 0.3) is 0 Å². The summed E-state index contributed by atoms with van der Waals surface area (Å²) in [6.07, 6.45) is 1.46. The Bertz CT molecular complexity index is 361. The van der Waals surface area contributed by atoms with Crippen molar-refractivity contribution in [2.75, 3.05) is 7.05 Å². The van der Waals surface area contributed by atoms with Crippen molar-refractivity contribution in [1.29, 1.82) is 0 Å². The summed E-state index contributed by atoms with van der Waals surface area (Å²) < 4.78 is 1.18. The fourth-order valence-electron chi connectivity index (χ4n) is 0.895. The first-order valence-electron chi connectivity index (χ1n) is 4.18. The van der Waals surface area contributed by atoms with Crippen molar-refractivity contribution in [3.8, 4) is 0 Å². The summed E-state index contributed by atoms with van der Waals surface area (Å²) in [7, 11) is 1.50. The first-order chi connectivity index (χ1) is 7.11. The van der Waals surface area contributed by atoms with Gasteiger partial charge in [0, 0.05) is 7.05 Å². The Balaban J connectivity index is 2.46. The quantitative estimate of drug-likeness (QED) is 0.581. The van der Waals surface area contributed by atoms with Crippen LogP contribution in [0.1, 0.15) is 5.69 Å². The van der Waals surface area contributed by atoms with Crippen LogP contribution in [0.2, 0.25) is 0 Å². The molecule has 1 aromatic heterocycles. The first-order valence-corrected chi connectivity index (χ1v) is 4.18. The number of aliphatic carboxylic acids is 1. The molecule has 1 aromatic rings. The molecule has 3 N–H and O–H groups in total. The molecular weight excluding hydrogens is 202 g/mol. The summed E-state index contributed by atoms with van der Waals surface area (Å²) in [6.45, 7) is -0.0354. The van der Waals surface area contributed by atoms with Crippen molar-refractivity contribution in [3.05, 3.63) is 11.9 Å². The van der Waals surface area contributed by atoms with Gasteiger partial charge in [-0.15, -0.1) is 5.10 Å². The van der Waals surface area contributed by atoms with E-state index in [2.05, 4.69) is 20.9 Å². The van der Waals surface area contributed by atoms with Gasteiger partial charge < -0.3 is 15.7 Å². The lowest BCUT2D eigenvalue weighted by Gasteiger charge is -1.99. The predicted octanol–water partition coefficient (Wildman–Crippen LogP) is -1.21. The number of hydrogen-bond acceptors (Lipinski definition) is 4. The van der Waals surface area contributed by atoms with Crippen molar-refractivity contribution in [1.82, 2.24) is 25.6 Å². The van der Waals surface area contributed by atoms with Crippen molar-refractivity contribution in [2.24, 2.45) is 0 Å². The molecule has 1 heterocycles. The molecule has 15 heavy (non-hydrogen) atoms. The molecule has 0 radical (unpaired) electrons. The highest BCUT2D eigenvalue weighted by Crippen LogP contribution is 1.92. The number of nitrogens with zero attached hydrogens (tertiary/aromatic N) is 3. The van der Waals surface area contributed by atoms with Gasteiger partial charge in [0.1, 0.15) is 12.2 Å². The van der Waals surface area contributed by atoms with E-state index in [-0.39, 0.29) is 19.1 Å². The molecule has 0 saturated carbocycles. The largest absolute Gasteiger partial charge is 0.480 e. The molecule has 0 atom stereocenters. The zero-order valence-corrected chi connectivity index (χ0v) is 8.10. The normalized spacial score (nSPS) is 9.67. The molecular formula is C7H11N5O3. The Hall–Kier alpha value is -2.12. The van der Waals surface area contributed by atoms with E-state index in [1.165, 1.54) is 17.9 Å². The molecule has 8 nitrogen and oxygen atoms in total. The number of aromatic nitrogens is 3. The average Bonchev–Trinajstić information content (AvgIpc) is 2.61. The fourth-order valence-corrected chi connectivity index (χ4v) is 0.895. The average molecular weight is 213 g/mol. The van der Waals surface area contributed by atoms with Crippen LogP contribution in [0, 0.1) is 0 Å². The lowest BCUT2D eigenvalue weighted by molar-refractivity contribution is -0.137. The van der Waals surface area contributed by atoms with Gasteiger partial charge in [0.05, 0.1) is 12.7 Å². The minimum Gasteiger partial charge on any atom is -0.480 e. The van der Waals surface area contributed by atoms with Gasteiger partial charge in [0.25, 0.3) is 0 Å². The Morgan fingerprint density at radius 1 is 1.60 bits per heavy atom. The Morgan fingerprint density at radius 2 is 2.33 bits per heavy atom. The Morgan fingerprint density at radius 3 is 2.93 bits per heavy atom. The summed E-state index contributed by atoms with van der Waals surface area (Å²) in [4.78, 5) is 21.1. The highest BCUT2D eigenvalue weighted by atomic mass is 16.4. The molecule has 1 rings (SSSR count). The molecule has 0 aliphatic carbocycles. The number of amides is 2. The van der Waals surface area contributed by atoms with Crippen LogP contribution in [-0.4, -0.2) is 39.1 Å². The van der Waals surface area contributed by atoms with E-state index < -0.39 is 5.97 Å². The highest BCUT2D eigenvalue weighted by Gasteiger charge is 2.04. The molecule has 0 spiro atoms. The third-order valence-electron chi connectivity index (χ3n) is 1.54. The zero-order chi connectivity index (χ0) is 11.3. The van der Waals surface area contributed by atoms with E-state index in [0.29, 0.717) is 5.69 Å². The van der Waals surface area contributed by atoms with Crippen molar-refractivity contribution in [2.45, 2.75) is 13.1 Å². The molecule has 0 aromatic carbocycles. The summed E-state index contributed by atoms with van der Waals surface area (Å²) in [5, 5.41) is 20.6. The number of nitrogens with one attached hydrogen (secondary N) is 2. The smallest absolute Gasteiger partial charge is 0.325 e. The van der Waals surface area contributed by atoms with Gasteiger partial charge in [0.2, 0.25) is 0 Å². The molecule has 0 fully saturated rings. The van der Waals surface area contributed by atoms with Gasteiger partial charge in [-0.2, -0.15) is 0 Å². The van der Waals surface area contributed by atoms with E-state index in [4.69, 9.17) is 5.11 Å². The summed E-state index contributed by atoms with van der Waals surface area (Å²) in [5.41, 5.74) is 0.500. The summed E-state index contributed by atoms with van der Waals surface area (Å²) in [5.74, 6) is -0.995. The Kier molecular flexibility index (Phi) is 3.61. The molecule has 8 heteroatoms. The van der Waals surface area contributed by atoms with Crippen molar-refractivity contribution >= 4 is 12.0 Å².